The van der Waals surface area contributed by atoms with Gasteiger partial charge in [-0.15, -0.1) is 0 Å². The van der Waals surface area contributed by atoms with Gasteiger partial charge in [-0.2, -0.15) is 13.2 Å². The van der Waals surface area contributed by atoms with E-state index in [1.165, 1.54) is 4.90 Å². The average Bonchev–Trinajstić information content (AvgIpc) is 2.28. The van der Waals surface area contributed by atoms with Crippen LogP contribution in [0, 0.1) is 5.82 Å². The Kier molecular flexibility index (Phi) is 3.62. The summed E-state index contributed by atoms with van der Waals surface area (Å²) in [6.45, 7) is 2.55. The van der Waals surface area contributed by atoms with E-state index < -0.39 is 30.7 Å². The van der Waals surface area contributed by atoms with Gasteiger partial charge in [0.15, 0.2) is 17.2 Å². The zero-order valence-corrected chi connectivity index (χ0v) is 11.3. The molecule has 1 fully saturated rings. The molecule has 8 heteroatoms. The summed E-state index contributed by atoms with van der Waals surface area (Å²) in [5, 5.41) is 0. The molecule has 0 atom stereocenters. The second kappa shape index (κ2) is 4.83. The van der Waals surface area contributed by atoms with Crippen LogP contribution in [0.3, 0.4) is 0 Å². The quantitative estimate of drug-likeness (QED) is 0.803. The normalized spacial score (nSPS) is 18.3. The zero-order chi connectivity index (χ0) is 15.1. The van der Waals surface area contributed by atoms with Crippen LogP contribution in [0.25, 0.3) is 0 Å². The first-order valence-electron chi connectivity index (χ1n) is 6.09. The predicted molar refractivity (Wildman–Crippen MR) is 64.1 cm³/mol. The molecule has 4 nitrogen and oxygen atoms in total. The fourth-order valence-corrected chi connectivity index (χ4v) is 2.14. The summed E-state index contributed by atoms with van der Waals surface area (Å²) >= 11 is 0. The van der Waals surface area contributed by atoms with Crippen LogP contribution in [0.2, 0.25) is 0 Å². The summed E-state index contributed by atoms with van der Waals surface area (Å²) in [6.07, 6.45) is -3.34. The number of hydrogen-bond donors (Lipinski definition) is 0. The molecule has 0 bridgehead atoms. The molecule has 0 radical (unpaired) electrons. The van der Waals surface area contributed by atoms with E-state index >= 15 is 0 Å². The van der Waals surface area contributed by atoms with Gasteiger partial charge in [0.25, 0.3) is 0 Å². The van der Waals surface area contributed by atoms with Crippen molar-refractivity contribution in [1.82, 2.24) is 9.97 Å². The van der Waals surface area contributed by atoms with Crippen molar-refractivity contribution in [2.75, 3.05) is 25.1 Å². The summed E-state index contributed by atoms with van der Waals surface area (Å²) in [4.78, 5) is 8.77. The van der Waals surface area contributed by atoms with Crippen molar-refractivity contribution in [3.05, 3.63) is 17.8 Å². The van der Waals surface area contributed by atoms with E-state index in [2.05, 4.69) is 14.7 Å². The van der Waals surface area contributed by atoms with E-state index in [0.29, 0.717) is 0 Å². The van der Waals surface area contributed by atoms with E-state index in [1.807, 2.05) is 0 Å². The van der Waals surface area contributed by atoms with Gasteiger partial charge in [-0.25, -0.2) is 14.4 Å². The molecule has 0 N–H and O–H groups in total. The number of ether oxygens (including phenoxy) is 1. The van der Waals surface area contributed by atoms with Crippen molar-refractivity contribution in [1.29, 1.82) is 0 Å². The van der Waals surface area contributed by atoms with Crippen LogP contribution in [0.5, 0.6) is 0 Å². The molecule has 0 aliphatic carbocycles. The Morgan fingerprint density at radius 3 is 2.35 bits per heavy atom. The molecule has 0 aromatic carbocycles. The summed E-state index contributed by atoms with van der Waals surface area (Å²) in [7, 11) is 1.00. The SMILES string of the molecule is COC1(C(F)(F)F)CN(c2ncnc(C(C)C)c2F)C1. The molecule has 0 spiro atoms. The van der Waals surface area contributed by atoms with Gasteiger partial charge in [0.2, 0.25) is 0 Å². The lowest BCUT2D eigenvalue weighted by atomic mass is 9.93. The Morgan fingerprint density at radius 1 is 1.30 bits per heavy atom. The molecule has 2 rings (SSSR count). The van der Waals surface area contributed by atoms with Crippen LogP contribution in [0.4, 0.5) is 23.4 Å². The van der Waals surface area contributed by atoms with E-state index in [-0.39, 0.29) is 17.4 Å². The largest absolute Gasteiger partial charge is 0.420 e. The molecular formula is C12H15F4N3O. The van der Waals surface area contributed by atoms with Crippen molar-refractivity contribution < 1.29 is 22.3 Å². The summed E-state index contributed by atoms with van der Waals surface area (Å²) in [6, 6.07) is 0. The van der Waals surface area contributed by atoms with Crippen molar-refractivity contribution in [2.24, 2.45) is 0 Å². The number of alkyl halides is 3. The van der Waals surface area contributed by atoms with Gasteiger partial charge in [-0.1, -0.05) is 13.8 Å². The Balaban J connectivity index is 2.24. The molecule has 0 amide bonds. The second-order valence-corrected chi connectivity index (χ2v) is 5.10. The van der Waals surface area contributed by atoms with E-state index in [0.717, 1.165) is 13.4 Å². The lowest BCUT2D eigenvalue weighted by Gasteiger charge is -2.49. The maximum absolute atomic E-state index is 14.2. The molecule has 1 aliphatic rings. The molecule has 112 valence electrons. The van der Waals surface area contributed by atoms with Crippen LogP contribution in [0.1, 0.15) is 25.5 Å². The first-order chi connectivity index (χ1) is 9.22. The number of aromatic nitrogens is 2. The minimum Gasteiger partial charge on any atom is -0.365 e. The predicted octanol–water partition coefficient (Wildman–Crippen LogP) is 2.51. The molecule has 0 unspecified atom stereocenters. The zero-order valence-electron chi connectivity index (χ0n) is 11.3. The molecule has 2 heterocycles. The highest BCUT2D eigenvalue weighted by molar-refractivity contribution is 5.47. The van der Waals surface area contributed by atoms with Gasteiger partial charge in [-0.3, -0.25) is 0 Å². The number of nitrogens with zero attached hydrogens (tertiary/aromatic N) is 3. The Labute approximate surface area is 113 Å². The third kappa shape index (κ3) is 2.21. The highest BCUT2D eigenvalue weighted by Crippen LogP contribution is 2.42. The minimum absolute atomic E-state index is 0.111. The molecular weight excluding hydrogens is 278 g/mol. The van der Waals surface area contributed by atoms with Gasteiger partial charge >= 0.3 is 6.18 Å². The smallest absolute Gasteiger partial charge is 0.365 e. The molecule has 1 aromatic rings. The first-order valence-corrected chi connectivity index (χ1v) is 6.09. The number of rotatable bonds is 3. The maximum atomic E-state index is 14.2. The molecule has 1 saturated heterocycles. The van der Waals surface area contributed by atoms with Gasteiger partial charge in [0.1, 0.15) is 6.33 Å². The topological polar surface area (TPSA) is 38.2 Å². The number of halogens is 4. The van der Waals surface area contributed by atoms with Crippen molar-refractivity contribution >= 4 is 5.82 Å². The van der Waals surface area contributed by atoms with Crippen LogP contribution < -0.4 is 4.90 Å². The summed E-state index contributed by atoms with van der Waals surface area (Å²) in [5.74, 6) is -0.956. The average molecular weight is 293 g/mol. The molecule has 1 aromatic heterocycles. The van der Waals surface area contributed by atoms with Crippen molar-refractivity contribution in [3.8, 4) is 0 Å². The monoisotopic (exact) mass is 293 g/mol. The lowest BCUT2D eigenvalue weighted by Crippen LogP contribution is -2.70. The first kappa shape index (κ1) is 15.0. The van der Waals surface area contributed by atoms with Crippen LogP contribution in [-0.4, -0.2) is 41.9 Å². The van der Waals surface area contributed by atoms with Crippen LogP contribution >= 0.6 is 0 Å². The van der Waals surface area contributed by atoms with Crippen molar-refractivity contribution in [2.45, 2.75) is 31.5 Å². The fourth-order valence-electron chi connectivity index (χ4n) is 2.14. The van der Waals surface area contributed by atoms with E-state index in [9.17, 15) is 17.6 Å². The van der Waals surface area contributed by atoms with Gasteiger partial charge in [0, 0.05) is 7.11 Å². The number of anilines is 1. The summed E-state index contributed by atoms with van der Waals surface area (Å²) < 4.78 is 57.4. The Morgan fingerprint density at radius 2 is 1.90 bits per heavy atom. The Hall–Kier alpha value is -1.44. The van der Waals surface area contributed by atoms with Gasteiger partial charge in [0.05, 0.1) is 18.8 Å². The molecule has 1 aliphatic heterocycles. The van der Waals surface area contributed by atoms with Crippen LogP contribution in [-0.2, 0) is 4.74 Å². The lowest BCUT2D eigenvalue weighted by molar-refractivity contribution is -0.277. The highest BCUT2D eigenvalue weighted by atomic mass is 19.4. The standard InChI is InChI=1S/C12H15F4N3O/c1-7(2)9-8(13)10(18-6-17-9)19-4-11(5-19,20-3)12(14,15)16/h6-7H,4-5H2,1-3H3. The third-order valence-corrected chi connectivity index (χ3v) is 3.44. The van der Waals surface area contributed by atoms with Crippen LogP contribution in [0.15, 0.2) is 6.33 Å². The second-order valence-electron chi connectivity index (χ2n) is 5.10. The summed E-state index contributed by atoms with van der Waals surface area (Å²) in [5.41, 5.74) is -2.06. The maximum Gasteiger partial charge on any atom is 0.420 e. The third-order valence-electron chi connectivity index (χ3n) is 3.44. The molecule has 20 heavy (non-hydrogen) atoms. The Bertz CT molecular complexity index is 498. The van der Waals surface area contributed by atoms with Gasteiger partial charge in [-0.05, 0) is 5.92 Å². The van der Waals surface area contributed by atoms with E-state index in [1.54, 1.807) is 13.8 Å². The highest BCUT2D eigenvalue weighted by Gasteiger charge is 2.63. The fraction of sp³-hybridized carbons (Fsp3) is 0.667. The number of methoxy groups -OCH3 is 1. The van der Waals surface area contributed by atoms with Gasteiger partial charge < -0.3 is 9.64 Å². The van der Waals surface area contributed by atoms with Crippen molar-refractivity contribution in [3.63, 3.8) is 0 Å². The minimum atomic E-state index is -4.50. The molecule has 0 saturated carbocycles. The van der Waals surface area contributed by atoms with E-state index in [4.69, 9.17) is 0 Å². The number of hydrogen-bond acceptors (Lipinski definition) is 4.